The third kappa shape index (κ3) is 3.14. The molecule has 136 valence electrons. The van der Waals surface area contributed by atoms with Gasteiger partial charge in [-0.15, -0.1) is 0 Å². The molecule has 0 radical (unpaired) electrons. The number of rotatable bonds is 4. The lowest BCUT2D eigenvalue weighted by Crippen LogP contribution is -2.36. The molecule has 1 aliphatic heterocycles. The molecule has 2 unspecified atom stereocenters. The highest BCUT2D eigenvalue weighted by atomic mass is 16.6. The number of methoxy groups -OCH3 is 1. The monoisotopic (exact) mass is 354 g/mol. The number of nitrogens with zero attached hydrogens (tertiary/aromatic N) is 2. The molecule has 2 aliphatic rings. The van der Waals surface area contributed by atoms with E-state index in [1.54, 1.807) is 19.2 Å². The Morgan fingerprint density at radius 3 is 2.50 bits per heavy atom. The number of nitro benzene ring substituents is 1. The smallest absolute Gasteiger partial charge is 0.269 e. The number of carbonyl (C=O) groups excluding carboxylic acids is 1. The Bertz CT molecular complexity index is 832. The summed E-state index contributed by atoms with van der Waals surface area (Å²) < 4.78 is 5.15. The third-order valence-corrected chi connectivity index (χ3v) is 4.81. The number of amides is 1. The summed E-state index contributed by atoms with van der Waals surface area (Å²) in [6.45, 7) is 4.54. The Hall–Kier alpha value is -2.89. The van der Waals surface area contributed by atoms with Gasteiger partial charge in [0.2, 0.25) is 0 Å². The van der Waals surface area contributed by atoms with Crippen LogP contribution in [-0.4, -0.2) is 28.9 Å². The number of fused-ring (bicyclic) bond motifs is 3. The van der Waals surface area contributed by atoms with Crippen LogP contribution in [0.2, 0.25) is 0 Å². The van der Waals surface area contributed by atoms with Crippen molar-refractivity contribution in [2.45, 2.75) is 38.8 Å². The minimum Gasteiger partial charge on any atom is -0.497 e. The predicted molar refractivity (Wildman–Crippen MR) is 98.5 cm³/mol. The molecule has 2 aromatic rings. The highest BCUT2D eigenvalue weighted by molar-refractivity contribution is 5.98. The second kappa shape index (κ2) is 7.15. The van der Waals surface area contributed by atoms with Crippen molar-refractivity contribution in [3.63, 3.8) is 0 Å². The molecule has 1 amide bonds. The zero-order chi connectivity index (χ0) is 18.8. The van der Waals surface area contributed by atoms with Gasteiger partial charge < -0.3 is 9.64 Å². The number of hydrogen-bond acceptors (Lipinski definition) is 4. The average Bonchev–Trinajstić information content (AvgIpc) is 3.47. The average molecular weight is 354 g/mol. The lowest BCUT2D eigenvalue weighted by atomic mass is 9.97. The van der Waals surface area contributed by atoms with Gasteiger partial charge in [-0.1, -0.05) is 26.0 Å². The maximum atomic E-state index is 12.8. The molecule has 26 heavy (non-hydrogen) atoms. The van der Waals surface area contributed by atoms with Crippen LogP contribution in [0, 0.1) is 10.1 Å². The Morgan fingerprint density at radius 1 is 1.19 bits per heavy atom. The van der Waals surface area contributed by atoms with Crippen LogP contribution < -0.4 is 4.74 Å². The molecule has 0 aromatic heterocycles. The van der Waals surface area contributed by atoms with Crippen LogP contribution in [0.25, 0.3) is 0 Å². The van der Waals surface area contributed by atoms with Crippen molar-refractivity contribution in [1.82, 2.24) is 4.90 Å². The molecule has 6 nitrogen and oxygen atoms in total. The molecule has 0 spiro atoms. The molecule has 1 saturated carbocycles. The molecular weight excluding hydrogens is 332 g/mol. The van der Waals surface area contributed by atoms with Crippen molar-refractivity contribution in [2.75, 3.05) is 7.11 Å². The van der Waals surface area contributed by atoms with Crippen molar-refractivity contribution >= 4 is 11.6 Å². The summed E-state index contributed by atoms with van der Waals surface area (Å²) in [5.41, 5.74) is 2.51. The van der Waals surface area contributed by atoms with E-state index in [1.807, 2.05) is 43.0 Å². The summed E-state index contributed by atoms with van der Waals surface area (Å²) in [7, 11) is 1.62. The largest absolute Gasteiger partial charge is 0.497 e. The maximum Gasteiger partial charge on any atom is 0.269 e. The number of carbonyl (C=O) groups is 1. The fourth-order valence-corrected chi connectivity index (χ4v) is 3.45. The molecule has 0 bridgehead atoms. The van der Waals surface area contributed by atoms with E-state index >= 15 is 0 Å². The summed E-state index contributed by atoms with van der Waals surface area (Å²) in [4.78, 5) is 25.2. The first-order chi connectivity index (χ1) is 12.6. The molecule has 4 rings (SSSR count). The van der Waals surface area contributed by atoms with Crippen LogP contribution in [0.15, 0.2) is 42.5 Å². The van der Waals surface area contributed by atoms with E-state index < -0.39 is 4.92 Å². The van der Waals surface area contributed by atoms with Crippen molar-refractivity contribution in [2.24, 2.45) is 0 Å². The first kappa shape index (κ1) is 17.9. The number of ether oxygens (including phenoxy) is 1. The van der Waals surface area contributed by atoms with E-state index in [1.165, 1.54) is 6.07 Å². The Morgan fingerprint density at radius 2 is 1.88 bits per heavy atom. The first-order valence-electron chi connectivity index (χ1n) is 8.80. The molecule has 0 saturated heterocycles. The van der Waals surface area contributed by atoms with Gasteiger partial charge in [0.15, 0.2) is 0 Å². The topological polar surface area (TPSA) is 72.7 Å². The third-order valence-electron chi connectivity index (χ3n) is 4.81. The van der Waals surface area contributed by atoms with Gasteiger partial charge >= 0.3 is 0 Å². The number of non-ortho nitro benzene ring substituents is 1. The molecular formula is C20H22N2O4. The molecule has 2 atom stereocenters. The highest BCUT2D eigenvalue weighted by Crippen LogP contribution is 2.51. The van der Waals surface area contributed by atoms with E-state index in [9.17, 15) is 14.9 Å². The number of hydrogen-bond donors (Lipinski definition) is 0. The van der Waals surface area contributed by atoms with Crippen molar-refractivity contribution < 1.29 is 14.5 Å². The van der Waals surface area contributed by atoms with E-state index in [4.69, 9.17) is 4.74 Å². The van der Waals surface area contributed by atoms with E-state index in [0.29, 0.717) is 12.1 Å². The van der Waals surface area contributed by atoms with Crippen molar-refractivity contribution in [3.8, 4) is 5.75 Å². The minimum absolute atomic E-state index is 0.0468. The van der Waals surface area contributed by atoms with Gasteiger partial charge in [0.05, 0.1) is 12.0 Å². The predicted octanol–water partition coefficient (Wildman–Crippen LogP) is 4.14. The highest BCUT2D eigenvalue weighted by Gasteiger charge is 2.50. The van der Waals surface area contributed by atoms with E-state index in [0.717, 1.165) is 23.3 Å². The standard InChI is InChI=1S/C18H16N2O4.C2H6/c1-24-13-5-2-11(3-6-13)10-19-17-9-16(17)15-8-12(20(22)23)4-7-14(15)18(19)21;1-2/h2-8,16-17H,9-10H2,1H3;1-2H3. The maximum absolute atomic E-state index is 12.8. The second-order valence-corrected chi connectivity index (χ2v) is 6.22. The quantitative estimate of drug-likeness (QED) is 0.611. The van der Waals surface area contributed by atoms with Gasteiger partial charge in [-0.05, 0) is 35.7 Å². The van der Waals surface area contributed by atoms with Crippen molar-refractivity contribution in [3.05, 3.63) is 69.3 Å². The first-order valence-corrected chi connectivity index (χ1v) is 8.80. The molecule has 1 aliphatic carbocycles. The molecule has 6 heteroatoms. The number of nitro groups is 1. The molecule has 2 aromatic carbocycles. The van der Waals surface area contributed by atoms with Crippen LogP contribution in [0.5, 0.6) is 5.75 Å². The van der Waals surface area contributed by atoms with Crippen LogP contribution in [0.3, 0.4) is 0 Å². The Kier molecular flexibility index (Phi) is 4.93. The summed E-state index contributed by atoms with van der Waals surface area (Å²) in [5, 5.41) is 10.9. The van der Waals surface area contributed by atoms with Gasteiger partial charge in [0, 0.05) is 36.2 Å². The summed E-state index contributed by atoms with van der Waals surface area (Å²) in [5.74, 6) is 0.955. The van der Waals surface area contributed by atoms with Crippen LogP contribution in [-0.2, 0) is 6.54 Å². The van der Waals surface area contributed by atoms with Gasteiger partial charge in [0.1, 0.15) is 5.75 Å². The second-order valence-electron chi connectivity index (χ2n) is 6.22. The molecule has 1 heterocycles. The van der Waals surface area contributed by atoms with E-state index in [2.05, 4.69) is 0 Å². The summed E-state index contributed by atoms with van der Waals surface area (Å²) in [6, 6.07) is 12.4. The lowest BCUT2D eigenvalue weighted by Gasteiger charge is -2.28. The molecule has 0 N–H and O–H groups in total. The summed E-state index contributed by atoms with van der Waals surface area (Å²) >= 11 is 0. The Balaban J connectivity index is 0.000000948. The lowest BCUT2D eigenvalue weighted by molar-refractivity contribution is -0.384. The molecule has 1 fully saturated rings. The number of benzene rings is 2. The van der Waals surface area contributed by atoms with Gasteiger partial charge in [0.25, 0.3) is 11.6 Å². The zero-order valence-corrected chi connectivity index (χ0v) is 15.1. The van der Waals surface area contributed by atoms with Gasteiger partial charge in [-0.25, -0.2) is 0 Å². The fourth-order valence-electron chi connectivity index (χ4n) is 3.45. The van der Waals surface area contributed by atoms with Crippen LogP contribution in [0.1, 0.15) is 47.7 Å². The van der Waals surface area contributed by atoms with E-state index in [-0.39, 0.29) is 23.6 Å². The fraction of sp³-hybridized carbons (Fsp3) is 0.350. The summed E-state index contributed by atoms with van der Waals surface area (Å²) in [6.07, 6.45) is 0.871. The van der Waals surface area contributed by atoms with Gasteiger partial charge in [-0.2, -0.15) is 0 Å². The van der Waals surface area contributed by atoms with Crippen LogP contribution in [0.4, 0.5) is 5.69 Å². The van der Waals surface area contributed by atoms with Crippen LogP contribution >= 0.6 is 0 Å². The van der Waals surface area contributed by atoms with Gasteiger partial charge in [-0.3, -0.25) is 14.9 Å². The SMILES string of the molecule is CC.COc1ccc(CN2C(=O)c3ccc([N+](=O)[O-])cc3C3CC32)cc1. The van der Waals surface area contributed by atoms with Crippen molar-refractivity contribution in [1.29, 1.82) is 0 Å². The zero-order valence-electron chi connectivity index (χ0n) is 15.1. The normalized spacial score (nSPS) is 19.7. The minimum atomic E-state index is -0.411. The Labute approximate surface area is 152 Å².